The van der Waals surface area contributed by atoms with E-state index in [4.69, 9.17) is 11.6 Å². The predicted octanol–water partition coefficient (Wildman–Crippen LogP) is 3.54. The molecule has 0 fully saturated rings. The molecule has 1 aromatic heterocycles. The van der Waals surface area contributed by atoms with E-state index in [9.17, 15) is 4.79 Å². The van der Waals surface area contributed by atoms with Crippen LogP contribution in [-0.4, -0.2) is 29.0 Å². The van der Waals surface area contributed by atoms with Crippen molar-refractivity contribution in [3.63, 3.8) is 0 Å². The predicted molar refractivity (Wildman–Crippen MR) is 89.7 cm³/mol. The van der Waals surface area contributed by atoms with Gasteiger partial charge in [0.2, 0.25) is 0 Å². The van der Waals surface area contributed by atoms with Crippen LogP contribution in [0.1, 0.15) is 29.9 Å². The molecular formula is C16H19ClN4O. The van der Waals surface area contributed by atoms with Crippen molar-refractivity contribution < 1.29 is 4.79 Å². The molecule has 2 aromatic rings. The van der Waals surface area contributed by atoms with Crippen molar-refractivity contribution in [2.45, 2.75) is 20.8 Å². The fourth-order valence-electron chi connectivity index (χ4n) is 2.06. The molecule has 0 atom stereocenters. The average molecular weight is 319 g/mol. The van der Waals surface area contributed by atoms with Gasteiger partial charge in [-0.05, 0) is 38.5 Å². The Morgan fingerprint density at radius 1 is 1.23 bits per heavy atom. The van der Waals surface area contributed by atoms with Crippen LogP contribution >= 0.6 is 11.6 Å². The second kappa shape index (κ2) is 7.22. The minimum atomic E-state index is -0.302. The zero-order valence-corrected chi connectivity index (χ0v) is 13.7. The summed E-state index contributed by atoms with van der Waals surface area (Å²) >= 11 is 5.95. The number of halogens is 1. The van der Waals surface area contributed by atoms with Crippen LogP contribution in [0.3, 0.4) is 0 Å². The van der Waals surface area contributed by atoms with Gasteiger partial charge in [-0.25, -0.2) is 9.97 Å². The zero-order valence-electron chi connectivity index (χ0n) is 12.9. The number of anilines is 2. The SMILES string of the molecule is CCN(CC)c1cnc(C(=O)Nc2cc(Cl)ccc2C)cn1. The lowest BCUT2D eigenvalue weighted by Crippen LogP contribution is -2.23. The lowest BCUT2D eigenvalue weighted by Gasteiger charge is -2.19. The van der Waals surface area contributed by atoms with E-state index in [1.54, 1.807) is 18.3 Å². The normalized spacial score (nSPS) is 10.4. The minimum Gasteiger partial charge on any atom is -0.356 e. The van der Waals surface area contributed by atoms with Gasteiger partial charge in [0.25, 0.3) is 5.91 Å². The zero-order chi connectivity index (χ0) is 16.1. The molecule has 0 aliphatic rings. The number of nitrogens with one attached hydrogen (secondary N) is 1. The number of carbonyl (C=O) groups excluding carboxylic acids is 1. The van der Waals surface area contributed by atoms with Crippen molar-refractivity contribution in [3.05, 3.63) is 46.9 Å². The Kier molecular flexibility index (Phi) is 5.33. The third kappa shape index (κ3) is 3.74. The minimum absolute atomic E-state index is 0.273. The van der Waals surface area contributed by atoms with E-state index >= 15 is 0 Å². The van der Waals surface area contributed by atoms with Crippen molar-refractivity contribution in [2.24, 2.45) is 0 Å². The number of hydrogen-bond donors (Lipinski definition) is 1. The van der Waals surface area contributed by atoms with Crippen molar-refractivity contribution in [3.8, 4) is 0 Å². The summed E-state index contributed by atoms with van der Waals surface area (Å²) in [4.78, 5) is 22.8. The molecule has 0 aliphatic carbocycles. The molecule has 1 heterocycles. The molecule has 2 rings (SSSR count). The molecule has 0 bridgehead atoms. The van der Waals surface area contributed by atoms with Gasteiger partial charge >= 0.3 is 0 Å². The van der Waals surface area contributed by atoms with Gasteiger partial charge in [-0.3, -0.25) is 4.79 Å². The molecule has 6 heteroatoms. The summed E-state index contributed by atoms with van der Waals surface area (Å²) in [5.74, 6) is 0.462. The van der Waals surface area contributed by atoms with Gasteiger partial charge in [-0.15, -0.1) is 0 Å². The van der Waals surface area contributed by atoms with E-state index in [-0.39, 0.29) is 11.6 Å². The highest BCUT2D eigenvalue weighted by molar-refractivity contribution is 6.31. The van der Waals surface area contributed by atoms with Crippen molar-refractivity contribution in [2.75, 3.05) is 23.3 Å². The van der Waals surface area contributed by atoms with Crippen LogP contribution in [0.15, 0.2) is 30.6 Å². The molecule has 0 saturated carbocycles. The van der Waals surface area contributed by atoms with Gasteiger partial charge in [0.15, 0.2) is 0 Å². The number of aryl methyl sites for hydroxylation is 1. The van der Waals surface area contributed by atoms with Crippen molar-refractivity contribution in [1.82, 2.24) is 9.97 Å². The molecule has 1 N–H and O–H groups in total. The van der Waals surface area contributed by atoms with Crippen LogP contribution in [0.2, 0.25) is 5.02 Å². The Labute approximate surface area is 135 Å². The summed E-state index contributed by atoms with van der Waals surface area (Å²) in [6.07, 6.45) is 3.11. The van der Waals surface area contributed by atoms with Crippen molar-refractivity contribution in [1.29, 1.82) is 0 Å². The molecule has 1 aromatic carbocycles. The maximum atomic E-state index is 12.2. The molecule has 0 radical (unpaired) electrons. The second-order valence-electron chi connectivity index (χ2n) is 4.85. The molecule has 1 amide bonds. The van der Waals surface area contributed by atoms with Gasteiger partial charge in [0, 0.05) is 23.8 Å². The first kappa shape index (κ1) is 16.2. The van der Waals surface area contributed by atoms with Gasteiger partial charge in [0.1, 0.15) is 11.5 Å². The second-order valence-corrected chi connectivity index (χ2v) is 5.28. The Hall–Kier alpha value is -2.14. The Bertz CT molecular complexity index is 654. The molecule has 5 nitrogen and oxygen atoms in total. The standard InChI is InChI=1S/C16H19ClN4O/c1-4-21(5-2)15-10-18-14(9-19-15)16(22)20-13-8-12(17)7-6-11(13)3/h6-10H,4-5H2,1-3H3,(H,20,22). The Morgan fingerprint density at radius 2 is 1.95 bits per heavy atom. The number of carbonyl (C=O) groups is 1. The van der Waals surface area contributed by atoms with Crippen LogP contribution in [-0.2, 0) is 0 Å². The third-order valence-corrected chi connectivity index (χ3v) is 3.64. The number of nitrogens with zero attached hydrogens (tertiary/aromatic N) is 3. The largest absolute Gasteiger partial charge is 0.356 e. The fraction of sp³-hybridized carbons (Fsp3) is 0.312. The number of benzene rings is 1. The Morgan fingerprint density at radius 3 is 2.55 bits per heavy atom. The maximum Gasteiger partial charge on any atom is 0.275 e. The van der Waals surface area contributed by atoms with E-state index in [1.165, 1.54) is 6.20 Å². The lowest BCUT2D eigenvalue weighted by atomic mass is 10.2. The molecule has 0 aliphatic heterocycles. The summed E-state index contributed by atoms with van der Waals surface area (Å²) < 4.78 is 0. The molecule has 0 spiro atoms. The van der Waals surface area contributed by atoms with Gasteiger partial charge in [-0.1, -0.05) is 17.7 Å². The van der Waals surface area contributed by atoms with E-state index < -0.39 is 0 Å². The van der Waals surface area contributed by atoms with E-state index in [1.807, 2.05) is 26.8 Å². The van der Waals surface area contributed by atoms with E-state index in [0.717, 1.165) is 24.5 Å². The molecule has 0 unspecified atom stereocenters. The first-order chi connectivity index (χ1) is 10.5. The highest BCUT2D eigenvalue weighted by Gasteiger charge is 2.11. The maximum absolute atomic E-state index is 12.2. The molecule has 116 valence electrons. The van der Waals surface area contributed by atoms with Gasteiger partial charge < -0.3 is 10.2 Å². The highest BCUT2D eigenvalue weighted by Crippen LogP contribution is 2.20. The Balaban J connectivity index is 2.14. The molecular weight excluding hydrogens is 300 g/mol. The van der Waals surface area contributed by atoms with Crippen molar-refractivity contribution >= 4 is 29.0 Å². The number of hydrogen-bond acceptors (Lipinski definition) is 4. The lowest BCUT2D eigenvalue weighted by molar-refractivity contribution is 0.102. The van der Waals surface area contributed by atoms with E-state index in [0.29, 0.717) is 10.7 Å². The van der Waals surface area contributed by atoms with Crippen LogP contribution in [0.25, 0.3) is 0 Å². The fourth-order valence-corrected chi connectivity index (χ4v) is 2.24. The first-order valence-corrected chi connectivity index (χ1v) is 7.57. The third-order valence-electron chi connectivity index (χ3n) is 3.41. The summed E-state index contributed by atoms with van der Waals surface area (Å²) in [5.41, 5.74) is 1.88. The van der Waals surface area contributed by atoms with Crippen LogP contribution in [0, 0.1) is 6.92 Å². The number of rotatable bonds is 5. The van der Waals surface area contributed by atoms with Crippen LogP contribution in [0.4, 0.5) is 11.5 Å². The highest BCUT2D eigenvalue weighted by atomic mass is 35.5. The number of amides is 1. The first-order valence-electron chi connectivity index (χ1n) is 7.19. The average Bonchev–Trinajstić information content (AvgIpc) is 2.53. The van der Waals surface area contributed by atoms with Gasteiger partial charge in [-0.2, -0.15) is 0 Å². The smallest absolute Gasteiger partial charge is 0.275 e. The summed E-state index contributed by atoms with van der Waals surface area (Å²) in [6.45, 7) is 7.69. The van der Waals surface area contributed by atoms with Crippen LogP contribution < -0.4 is 10.2 Å². The monoisotopic (exact) mass is 318 g/mol. The quantitative estimate of drug-likeness (QED) is 0.916. The summed E-state index contributed by atoms with van der Waals surface area (Å²) in [6, 6.07) is 5.35. The van der Waals surface area contributed by atoms with E-state index in [2.05, 4.69) is 20.2 Å². The topological polar surface area (TPSA) is 58.1 Å². The molecule has 0 saturated heterocycles. The molecule has 22 heavy (non-hydrogen) atoms. The van der Waals surface area contributed by atoms with Gasteiger partial charge in [0.05, 0.1) is 12.4 Å². The summed E-state index contributed by atoms with van der Waals surface area (Å²) in [7, 11) is 0. The number of aromatic nitrogens is 2. The van der Waals surface area contributed by atoms with Crippen LogP contribution in [0.5, 0.6) is 0 Å². The summed E-state index contributed by atoms with van der Waals surface area (Å²) in [5, 5.41) is 3.38.